The van der Waals surface area contributed by atoms with Crippen molar-refractivity contribution in [3.8, 4) is 0 Å². The Morgan fingerprint density at radius 1 is 1.06 bits per heavy atom. The molecule has 2 fully saturated rings. The third kappa shape index (κ3) is 5.73. The second-order valence-electron chi connectivity index (χ2n) is 9.77. The smallest absolute Gasteiger partial charge is 0.132 e. The number of ether oxygens (including phenoxy) is 1. The van der Waals surface area contributed by atoms with Gasteiger partial charge in [0.15, 0.2) is 0 Å². The zero-order valence-corrected chi connectivity index (χ0v) is 20.6. The molecule has 5 rings (SSSR count). The normalized spacial score (nSPS) is 19.3. The predicted octanol–water partition coefficient (Wildman–Crippen LogP) is 5.01. The van der Waals surface area contributed by atoms with Crippen LogP contribution in [0.3, 0.4) is 0 Å². The Kier molecular flexibility index (Phi) is 7.66. The highest BCUT2D eigenvalue weighted by atomic mass is 16.5. The maximum absolute atomic E-state index is 5.46. The molecule has 0 aliphatic carbocycles. The van der Waals surface area contributed by atoms with E-state index in [9.17, 15) is 0 Å². The lowest BCUT2D eigenvalue weighted by atomic mass is 9.92. The molecule has 0 unspecified atom stereocenters. The summed E-state index contributed by atoms with van der Waals surface area (Å²) in [5.41, 5.74) is 4.87. The van der Waals surface area contributed by atoms with Crippen LogP contribution in [-0.4, -0.2) is 68.9 Å². The second-order valence-corrected chi connectivity index (χ2v) is 9.77. The molecular formula is C28H39N5O. The minimum atomic E-state index is 0.880. The predicted molar refractivity (Wildman–Crippen MR) is 142 cm³/mol. The number of rotatable bonds is 8. The Labute approximate surface area is 204 Å². The van der Waals surface area contributed by atoms with E-state index in [4.69, 9.17) is 4.74 Å². The molecule has 1 aromatic carbocycles. The zero-order chi connectivity index (χ0) is 23.2. The van der Waals surface area contributed by atoms with Gasteiger partial charge in [0.2, 0.25) is 0 Å². The number of aromatic nitrogens is 1. The van der Waals surface area contributed by atoms with Crippen molar-refractivity contribution in [2.75, 3.05) is 74.1 Å². The Balaban J connectivity index is 1.09. The van der Waals surface area contributed by atoms with Crippen LogP contribution >= 0.6 is 0 Å². The monoisotopic (exact) mass is 461 g/mol. The summed E-state index contributed by atoms with van der Waals surface area (Å²) in [6.45, 7) is 11.8. The number of fused-ring (bicyclic) bond motifs is 1. The molecule has 2 aromatic rings. The van der Waals surface area contributed by atoms with Gasteiger partial charge in [-0.25, -0.2) is 4.98 Å². The van der Waals surface area contributed by atoms with Crippen molar-refractivity contribution in [2.24, 2.45) is 5.92 Å². The molecule has 1 N–H and O–H groups in total. The van der Waals surface area contributed by atoms with E-state index in [1.54, 1.807) is 0 Å². The molecule has 0 amide bonds. The standard InChI is InChI=1S/C28H39N5O/c1-2-32-14-4-6-24-22-29-28(21-27(24)32)30-25-7-9-26(10-8-25)33-15-11-23(12-16-33)5-3-13-31-17-19-34-20-18-31/h4,6-10,21-23H,2-3,5,11-20H2,1H3,(H,29,30). The number of morpholine rings is 1. The topological polar surface area (TPSA) is 43.9 Å². The van der Waals surface area contributed by atoms with Crippen LogP contribution in [0.25, 0.3) is 6.08 Å². The molecule has 3 aliphatic rings. The fourth-order valence-corrected chi connectivity index (χ4v) is 5.44. The van der Waals surface area contributed by atoms with E-state index in [0.717, 1.165) is 56.8 Å². The van der Waals surface area contributed by atoms with E-state index in [2.05, 4.69) is 74.4 Å². The van der Waals surface area contributed by atoms with Crippen LogP contribution in [0.15, 0.2) is 42.6 Å². The van der Waals surface area contributed by atoms with Gasteiger partial charge in [-0.05, 0) is 69.3 Å². The fourth-order valence-electron chi connectivity index (χ4n) is 5.44. The van der Waals surface area contributed by atoms with Crippen molar-refractivity contribution in [3.63, 3.8) is 0 Å². The first-order valence-electron chi connectivity index (χ1n) is 13.1. The van der Waals surface area contributed by atoms with Gasteiger partial charge < -0.3 is 19.9 Å². The highest BCUT2D eigenvalue weighted by molar-refractivity contribution is 5.74. The van der Waals surface area contributed by atoms with Gasteiger partial charge in [-0.15, -0.1) is 0 Å². The molecule has 1 aromatic heterocycles. The Morgan fingerprint density at radius 2 is 1.85 bits per heavy atom. The number of likely N-dealkylation sites (N-methyl/N-ethyl adjacent to an activating group) is 1. The summed E-state index contributed by atoms with van der Waals surface area (Å²) in [5.74, 6) is 1.78. The minimum Gasteiger partial charge on any atom is -0.379 e. The van der Waals surface area contributed by atoms with Crippen molar-refractivity contribution in [3.05, 3.63) is 48.2 Å². The summed E-state index contributed by atoms with van der Waals surface area (Å²) in [4.78, 5) is 12.1. The average molecular weight is 462 g/mol. The first kappa shape index (κ1) is 23.2. The van der Waals surface area contributed by atoms with Crippen LogP contribution in [0, 0.1) is 5.92 Å². The highest BCUT2D eigenvalue weighted by Crippen LogP contribution is 2.30. The molecule has 2 saturated heterocycles. The van der Waals surface area contributed by atoms with Crippen LogP contribution in [0.1, 0.15) is 38.2 Å². The summed E-state index contributed by atoms with van der Waals surface area (Å²) in [6, 6.07) is 11.0. The number of anilines is 4. The van der Waals surface area contributed by atoms with Crippen LogP contribution in [0.5, 0.6) is 0 Å². The van der Waals surface area contributed by atoms with E-state index in [1.807, 2.05) is 6.20 Å². The van der Waals surface area contributed by atoms with Crippen molar-refractivity contribution in [2.45, 2.75) is 32.6 Å². The van der Waals surface area contributed by atoms with Crippen LogP contribution in [0.2, 0.25) is 0 Å². The van der Waals surface area contributed by atoms with E-state index in [1.165, 1.54) is 62.3 Å². The van der Waals surface area contributed by atoms with Gasteiger partial charge in [0, 0.05) is 74.2 Å². The van der Waals surface area contributed by atoms with E-state index >= 15 is 0 Å². The van der Waals surface area contributed by atoms with Gasteiger partial charge in [0.25, 0.3) is 0 Å². The molecule has 0 atom stereocenters. The van der Waals surface area contributed by atoms with Crippen LogP contribution in [-0.2, 0) is 4.74 Å². The van der Waals surface area contributed by atoms with Crippen LogP contribution < -0.4 is 15.1 Å². The lowest BCUT2D eigenvalue weighted by molar-refractivity contribution is 0.0365. The lowest BCUT2D eigenvalue weighted by Crippen LogP contribution is -2.37. The van der Waals surface area contributed by atoms with Crippen molar-refractivity contribution in [1.82, 2.24) is 9.88 Å². The van der Waals surface area contributed by atoms with E-state index < -0.39 is 0 Å². The molecule has 34 heavy (non-hydrogen) atoms. The molecule has 182 valence electrons. The SMILES string of the molecule is CCN1CC=Cc2cnc(Nc3ccc(N4CCC(CCCN5CCOCC5)CC4)cc3)cc21. The van der Waals surface area contributed by atoms with Crippen molar-refractivity contribution < 1.29 is 4.74 Å². The van der Waals surface area contributed by atoms with Gasteiger partial charge in [-0.2, -0.15) is 0 Å². The van der Waals surface area contributed by atoms with Gasteiger partial charge in [0.05, 0.1) is 13.2 Å². The Bertz CT molecular complexity index is 946. The molecule has 0 spiro atoms. The van der Waals surface area contributed by atoms with Gasteiger partial charge in [0.1, 0.15) is 5.82 Å². The van der Waals surface area contributed by atoms with E-state index in [0.29, 0.717) is 0 Å². The van der Waals surface area contributed by atoms with Gasteiger partial charge >= 0.3 is 0 Å². The largest absolute Gasteiger partial charge is 0.379 e. The van der Waals surface area contributed by atoms with Crippen molar-refractivity contribution >= 4 is 29.0 Å². The number of pyridine rings is 1. The first-order chi connectivity index (χ1) is 16.8. The summed E-state index contributed by atoms with van der Waals surface area (Å²) in [5, 5.41) is 3.49. The third-order valence-electron chi connectivity index (χ3n) is 7.57. The summed E-state index contributed by atoms with van der Waals surface area (Å²) in [6.07, 6.45) is 11.7. The number of hydrogen-bond acceptors (Lipinski definition) is 6. The highest BCUT2D eigenvalue weighted by Gasteiger charge is 2.20. The van der Waals surface area contributed by atoms with E-state index in [-0.39, 0.29) is 0 Å². The van der Waals surface area contributed by atoms with Crippen molar-refractivity contribution in [1.29, 1.82) is 0 Å². The maximum atomic E-state index is 5.46. The fraction of sp³-hybridized carbons (Fsp3) is 0.536. The summed E-state index contributed by atoms with van der Waals surface area (Å²) in [7, 11) is 0. The molecule has 6 nitrogen and oxygen atoms in total. The number of benzene rings is 1. The number of hydrogen-bond donors (Lipinski definition) is 1. The Morgan fingerprint density at radius 3 is 2.62 bits per heavy atom. The number of nitrogens with zero attached hydrogens (tertiary/aromatic N) is 4. The molecular weight excluding hydrogens is 422 g/mol. The molecule has 4 heterocycles. The summed E-state index contributed by atoms with van der Waals surface area (Å²) >= 11 is 0. The minimum absolute atomic E-state index is 0.880. The third-order valence-corrected chi connectivity index (χ3v) is 7.57. The zero-order valence-electron chi connectivity index (χ0n) is 20.6. The molecule has 6 heteroatoms. The second kappa shape index (κ2) is 11.2. The lowest BCUT2D eigenvalue weighted by Gasteiger charge is -2.34. The first-order valence-corrected chi connectivity index (χ1v) is 13.1. The van der Waals surface area contributed by atoms with Crippen LogP contribution in [0.4, 0.5) is 22.9 Å². The van der Waals surface area contributed by atoms with Gasteiger partial charge in [-0.1, -0.05) is 12.2 Å². The molecule has 0 saturated carbocycles. The number of piperidine rings is 1. The number of nitrogens with one attached hydrogen (secondary N) is 1. The Hall–Kier alpha value is -2.57. The summed E-state index contributed by atoms with van der Waals surface area (Å²) < 4.78 is 5.46. The van der Waals surface area contributed by atoms with Gasteiger partial charge in [-0.3, -0.25) is 4.90 Å². The molecule has 0 radical (unpaired) electrons. The molecule has 3 aliphatic heterocycles. The quantitative estimate of drug-likeness (QED) is 0.596. The average Bonchev–Trinajstić information content (AvgIpc) is 2.90. The maximum Gasteiger partial charge on any atom is 0.132 e. The molecule has 0 bridgehead atoms.